The van der Waals surface area contributed by atoms with E-state index in [1.54, 1.807) is 24.8 Å². The summed E-state index contributed by atoms with van der Waals surface area (Å²) in [7, 11) is -3.93. The van der Waals surface area contributed by atoms with E-state index < -0.39 is 15.9 Å². The predicted octanol–water partition coefficient (Wildman–Crippen LogP) is -0.462. The van der Waals surface area contributed by atoms with Crippen LogP contribution in [0.15, 0.2) is 17.0 Å². The lowest BCUT2D eigenvalue weighted by Gasteiger charge is -2.28. The van der Waals surface area contributed by atoms with E-state index in [4.69, 9.17) is 9.88 Å². The molecule has 1 aromatic rings. The van der Waals surface area contributed by atoms with Crippen molar-refractivity contribution >= 4 is 21.8 Å². The van der Waals surface area contributed by atoms with Gasteiger partial charge in [0.2, 0.25) is 15.9 Å². The molecule has 0 saturated carbocycles. The summed E-state index contributed by atoms with van der Waals surface area (Å²) in [6.07, 6.45) is 0. The van der Waals surface area contributed by atoms with E-state index >= 15 is 0 Å². The topological polar surface area (TPSA) is 119 Å². The molecule has 2 atom stereocenters. The molecule has 2 heterocycles. The van der Waals surface area contributed by atoms with Gasteiger partial charge in [-0.1, -0.05) is 0 Å². The molecule has 2 amide bonds. The molecular weight excluding hydrogens is 346 g/mol. The van der Waals surface area contributed by atoms with Crippen LogP contribution in [0, 0.1) is 19.8 Å². The zero-order valence-electron chi connectivity index (χ0n) is 14.1. The van der Waals surface area contributed by atoms with Crippen molar-refractivity contribution in [1.82, 2.24) is 10.2 Å². The Bertz CT molecular complexity index is 836. The third kappa shape index (κ3) is 3.53. The van der Waals surface area contributed by atoms with Gasteiger partial charge >= 0.3 is 0 Å². The fourth-order valence-corrected chi connectivity index (χ4v) is 4.10. The summed E-state index contributed by atoms with van der Waals surface area (Å²) in [5.41, 5.74) is 1.44. The molecule has 0 radical (unpaired) electrons. The molecule has 8 nitrogen and oxygen atoms in total. The van der Waals surface area contributed by atoms with Gasteiger partial charge in [-0.15, -0.1) is 0 Å². The predicted molar refractivity (Wildman–Crippen MR) is 89.4 cm³/mol. The second-order valence-electron chi connectivity index (χ2n) is 6.61. The van der Waals surface area contributed by atoms with Crippen molar-refractivity contribution < 1.29 is 22.7 Å². The van der Waals surface area contributed by atoms with Gasteiger partial charge in [0.25, 0.3) is 5.91 Å². The summed E-state index contributed by atoms with van der Waals surface area (Å²) in [5.74, 6) is -0.870. The molecule has 136 valence electrons. The van der Waals surface area contributed by atoms with E-state index in [9.17, 15) is 18.0 Å². The Balaban J connectivity index is 1.96. The fourth-order valence-electron chi connectivity index (χ4n) is 3.22. The van der Waals surface area contributed by atoms with Crippen molar-refractivity contribution in [3.05, 3.63) is 28.8 Å². The minimum Gasteiger partial charge on any atom is -0.378 e. The number of aryl methyl sites for hydroxylation is 1. The van der Waals surface area contributed by atoms with Gasteiger partial charge in [0, 0.05) is 18.7 Å². The average molecular weight is 367 g/mol. The van der Waals surface area contributed by atoms with Gasteiger partial charge in [-0.2, -0.15) is 0 Å². The maximum absolute atomic E-state index is 12.9. The van der Waals surface area contributed by atoms with Gasteiger partial charge in [0.15, 0.2) is 0 Å². The molecule has 0 aromatic heterocycles. The second kappa shape index (κ2) is 6.40. The number of rotatable bonds is 2. The average Bonchev–Trinajstić information content (AvgIpc) is 2.76. The molecule has 2 bridgehead atoms. The Labute approximate surface area is 146 Å². The molecule has 0 aliphatic carbocycles. The van der Waals surface area contributed by atoms with Gasteiger partial charge in [-0.25, -0.2) is 13.6 Å². The zero-order valence-corrected chi connectivity index (χ0v) is 14.9. The molecule has 0 unspecified atom stereocenters. The highest BCUT2D eigenvalue weighted by Crippen LogP contribution is 2.23. The minimum atomic E-state index is -3.93. The summed E-state index contributed by atoms with van der Waals surface area (Å²) < 4.78 is 29.0. The fraction of sp³-hybridized carbons (Fsp3) is 0.500. The lowest BCUT2D eigenvalue weighted by molar-refractivity contribution is -0.125. The van der Waals surface area contributed by atoms with Crippen LogP contribution in [0.5, 0.6) is 0 Å². The largest absolute Gasteiger partial charge is 0.378 e. The highest BCUT2D eigenvalue weighted by atomic mass is 32.2. The maximum Gasteiger partial charge on any atom is 0.254 e. The lowest BCUT2D eigenvalue weighted by atomic mass is 10.0. The molecule has 1 aromatic carbocycles. The highest BCUT2D eigenvalue weighted by Gasteiger charge is 2.35. The molecule has 2 aliphatic heterocycles. The van der Waals surface area contributed by atoms with Crippen molar-refractivity contribution in [2.24, 2.45) is 11.1 Å². The molecule has 3 rings (SSSR count). The monoisotopic (exact) mass is 367 g/mol. The number of hydrogen-bond acceptors (Lipinski definition) is 5. The maximum atomic E-state index is 12.9. The second-order valence-corrected chi connectivity index (χ2v) is 8.14. The normalized spacial score (nSPS) is 23.8. The van der Waals surface area contributed by atoms with Gasteiger partial charge in [-0.3, -0.25) is 9.59 Å². The van der Waals surface area contributed by atoms with E-state index in [2.05, 4.69) is 5.32 Å². The quantitative estimate of drug-likeness (QED) is 0.733. The summed E-state index contributed by atoms with van der Waals surface area (Å²) in [6.45, 7) is 4.55. The Morgan fingerprint density at radius 1 is 1.28 bits per heavy atom. The Morgan fingerprint density at radius 3 is 2.68 bits per heavy atom. The van der Waals surface area contributed by atoms with Crippen LogP contribution in [0.4, 0.5) is 0 Å². The van der Waals surface area contributed by atoms with E-state index in [1.165, 1.54) is 6.07 Å². The van der Waals surface area contributed by atoms with Crippen LogP contribution in [-0.2, 0) is 19.6 Å². The number of carbonyl (C=O) groups is 2. The first kappa shape index (κ1) is 17.8. The minimum absolute atomic E-state index is 0.0524. The van der Waals surface area contributed by atoms with Crippen LogP contribution < -0.4 is 10.5 Å². The molecule has 9 heteroatoms. The Kier molecular flexibility index (Phi) is 4.56. The molecule has 2 fully saturated rings. The third-order valence-electron chi connectivity index (χ3n) is 4.70. The summed E-state index contributed by atoms with van der Waals surface area (Å²) in [6, 6.07) is 2.69. The number of amides is 2. The molecule has 2 aliphatic rings. The summed E-state index contributed by atoms with van der Waals surface area (Å²) >= 11 is 0. The lowest BCUT2D eigenvalue weighted by Crippen LogP contribution is -2.44. The summed E-state index contributed by atoms with van der Waals surface area (Å²) in [5, 5.41) is 8.13. The van der Waals surface area contributed by atoms with Gasteiger partial charge in [-0.05, 0) is 37.1 Å². The molecule has 3 N–H and O–H groups in total. The van der Waals surface area contributed by atoms with Crippen molar-refractivity contribution in [3.63, 3.8) is 0 Å². The number of hydrogen-bond donors (Lipinski definition) is 2. The van der Waals surface area contributed by atoms with Crippen molar-refractivity contribution in [1.29, 1.82) is 0 Å². The first-order valence-corrected chi connectivity index (χ1v) is 9.53. The number of nitrogens with two attached hydrogens (primary N) is 1. The first-order chi connectivity index (χ1) is 11.7. The molecule has 25 heavy (non-hydrogen) atoms. The van der Waals surface area contributed by atoms with Crippen molar-refractivity contribution in [2.45, 2.75) is 24.8 Å². The van der Waals surface area contributed by atoms with Gasteiger partial charge in [0.1, 0.15) is 0 Å². The Morgan fingerprint density at radius 2 is 2.00 bits per heavy atom. The van der Waals surface area contributed by atoms with Crippen molar-refractivity contribution in [3.8, 4) is 0 Å². The number of carbonyl (C=O) groups excluding carboxylic acids is 2. The third-order valence-corrected chi connectivity index (χ3v) is 5.73. The highest BCUT2D eigenvalue weighted by molar-refractivity contribution is 7.89. The first-order valence-electron chi connectivity index (χ1n) is 7.98. The standard InChI is InChI=1S/C16H21N3O5S/c1-9-3-11(4-14(10(9)2)25(17,22)23)16(21)19-5-12-7-24-8-13(6-19)18-15(12)20/h3-4,12-13H,5-8H2,1-2H3,(H,18,20)(H2,17,22,23)/t12-,13+/m1/s1. The molecule has 2 saturated heterocycles. The molecule has 0 spiro atoms. The number of benzene rings is 1. The Hall–Kier alpha value is -1.97. The van der Waals surface area contributed by atoms with Crippen LogP contribution in [0.3, 0.4) is 0 Å². The van der Waals surface area contributed by atoms with Crippen LogP contribution in [-0.4, -0.2) is 57.5 Å². The SMILES string of the molecule is Cc1cc(C(=O)N2C[C@H]3COC[C@@H](C2)C(=O)N3)cc(S(N)(=O)=O)c1C. The number of fused-ring (bicyclic) bond motifs is 3. The van der Waals surface area contributed by atoms with Crippen LogP contribution in [0.1, 0.15) is 21.5 Å². The number of nitrogens with zero attached hydrogens (tertiary/aromatic N) is 1. The van der Waals surface area contributed by atoms with Crippen LogP contribution in [0.25, 0.3) is 0 Å². The van der Waals surface area contributed by atoms with Crippen LogP contribution >= 0.6 is 0 Å². The van der Waals surface area contributed by atoms with E-state index in [-0.39, 0.29) is 41.5 Å². The van der Waals surface area contributed by atoms with Gasteiger partial charge in [0.05, 0.1) is 30.1 Å². The number of primary sulfonamides is 1. The summed E-state index contributed by atoms with van der Waals surface area (Å²) in [4.78, 5) is 26.5. The van der Waals surface area contributed by atoms with Gasteiger partial charge < -0.3 is 15.0 Å². The number of nitrogens with one attached hydrogen (secondary N) is 1. The smallest absolute Gasteiger partial charge is 0.254 e. The van der Waals surface area contributed by atoms with E-state index in [0.717, 1.165) is 0 Å². The number of ether oxygens (including phenoxy) is 1. The van der Waals surface area contributed by atoms with Crippen molar-refractivity contribution in [2.75, 3.05) is 26.3 Å². The number of sulfonamides is 1. The molecular formula is C16H21N3O5S. The van der Waals surface area contributed by atoms with E-state index in [0.29, 0.717) is 24.3 Å². The van der Waals surface area contributed by atoms with E-state index in [1.807, 2.05) is 0 Å². The zero-order chi connectivity index (χ0) is 18.4. The van der Waals surface area contributed by atoms with Crippen LogP contribution in [0.2, 0.25) is 0 Å².